The zero-order valence-corrected chi connectivity index (χ0v) is 7.95. The third-order valence-corrected chi connectivity index (χ3v) is 2.91. The molecule has 0 aliphatic heterocycles. The van der Waals surface area contributed by atoms with E-state index in [1.807, 2.05) is 0 Å². The molecule has 0 atom stereocenters. The Hall–Kier alpha value is -0.0400. The maximum Gasteiger partial charge on any atom is 0.000216 e. The average molecular weight is 155 g/mol. The Morgan fingerprint density at radius 2 is 1.64 bits per heavy atom. The van der Waals surface area contributed by atoms with Gasteiger partial charge in [-0.1, -0.05) is 32.6 Å². The zero-order valence-electron chi connectivity index (χ0n) is 7.95. The van der Waals surface area contributed by atoms with Crippen LogP contribution in [0.2, 0.25) is 0 Å². The summed E-state index contributed by atoms with van der Waals surface area (Å²) >= 11 is 0. The Balaban J connectivity index is 2.38. The molecule has 0 bridgehead atoms. The van der Waals surface area contributed by atoms with E-state index in [0.29, 0.717) is 5.41 Å². The highest BCUT2D eigenvalue weighted by Crippen LogP contribution is 2.33. The van der Waals surface area contributed by atoms with Crippen LogP contribution < -0.4 is 5.32 Å². The largest absolute Gasteiger partial charge is 0.319 e. The SMILES string of the molecule is CNCC1(C)CCCCCC1. The van der Waals surface area contributed by atoms with Gasteiger partial charge in [0.15, 0.2) is 0 Å². The maximum absolute atomic E-state index is 3.31. The van der Waals surface area contributed by atoms with Gasteiger partial charge in [0.2, 0.25) is 0 Å². The summed E-state index contributed by atoms with van der Waals surface area (Å²) in [6.07, 6.45) is 8.65. The average Bonchev–Trinajstić information content (AvgIpc) is 2.15. The van der Waals surface area contributed by atoms with Crippen LogP contribution in [-0.4, -0.2) is 13.6 Å². The van der Waals surface area contributed by atoms with Gasteiger partial charge >= 0.3 is 0 Å². The molecule has 1 heteroatoms. The monoisotopic (exact) mass is 155 g/mol. The minimum absolute atomic E-state index is 0.602. The highest BCUT2D eigenvalue weighted by atomic mass is 14.8. The first kappa shape index (κ1) is 9.05. The van der Waals surface area contributed by atoms with Crippen LogP contribution in [-0.2, 0) is 0 Å². The van der Waals surface area contributed by atoms with Crippen LogP contribution in [0, 0.1) is 5.41 Å². The zero-order chi connectivity index (χ0) is 8.16. The van der Waals surface area contributed by atoms with Crippen LogP contribution in [0.3, 0.4) is 0 Å². The van der Waals surface area contributed by atoms with Crippen molar-refractivity contribution in [1.82, 2.24) is 5.32 Å². The fourth-order valence-electron chi connectivity index (χ4n) is 2.19. The van der Waals surface area contributed by atoms with Crippen molar-refractivity contribution in [2.75, 3.05) is 13.6 Å². The lowest BCUT2D eigenvalue weighted by Gasteiger charge is -2.27. The van der Waals surface area contributed by atoms with Crippen LogP contribution in [0.25, 0.3) is 0 Å². The maximum atomic E-state index is 3.31. The summed E-state index contributed by atoms with van der Waals surface area (Å²) < 4.78 is 0. The summed E-state index contributed by atoms with van der Waals surface area (Å²) in [6.45, 7) is 3.63. The van der Waals surface area contributed by atoms with E-state index in [0.717, 1.165) is 0 Å². The summed E-state index contributed by atoms with van der Waals surface area (Å²) in [5.41, 5.74) is 0.602. The van der Waals surface area contributed by atoms with E-state index in [9.17, 15) is 0 Å². The fraction of sp³-hybridized carbons (Fsp3) is 1.00. The van der Waals surface area contributed by atoms with Crippen LogP contribution in [0.4, 0.5) is 0 Å². The van der Waals surface area contributed by atoms with Gasteiger partial charge in [-0.25, -0.2) is 0 Å². The molecule has 0 radical (unpaired) electrons. The van der Waals surface area contributed by atoms with Crippen LogP contribution in [0.1, 0.15) is 45.4 Å². The van der Waals surface area contributed by atoms with Crippen LogP contribution >= 0.6 is 0 Å². The van der Waals surface area contributed by atoms with Gasteiger partial charge < -0.3 is 5.32 Å². The molecular formula is C10H21N. The summed E-state index contributed by atoms with van der Waals surface area (Å²) in [6, 6.07) is 0. The molecule has 0 unspecified atom stereocenters. The molecule has 0 saturated heterocycles. The standard InChI is InChI=1S/C10H21N/c1-10(9-11-2)7-5-3-4-6-8-10/h11H,3-9H2,1-2H3. The van der Waals surface area contributed by atoms with Crippen LogP contribution in [0.5, 0.6) is 0 Å². The normalized spacial score (nSPS) is 24.5. The predicted octanol–water partition coefficient (Wildman–Crippen LogP) is 2.57. The molecule has 1 rings (SSSR count). The van der Waals surface area contributed by atoms with Crippen molar-refractivity contribution in [3.63, 3.8) is 0 Å². The minimum Gasteiger partial charge on any atom is -0.319 e. The number of nitrogens with one attached hydrogen (secondary N) is 1. The lowest BCUT2D eigenvalue weighted by molar-refractivity contribution is 0.270. The lowest BCUT2D eigenvalue weighted by atomic mass is 9.82. The Labute approximate surface area is 70.6 Å². The Bertz CT molecular complexity index is 101. The third-order valence-electron chi connectivity index (χ3n) is 2.91. The lowest BCUT2D eigenvalue weighted by Crippen LogP contribution is -2.28. The quantitative estimate of drug-likeness (QED) is 0.604. The molecule has 66 valence electrons. The molecular weight excluding hydrogens is 134 g/mol. The number of rotatable bonds is 2. The van der Waals surface area contributed by atoms with Crippen molar-refractivity contribution in [3.8, 4) is 0 Å². The first-order valence-corrected chi connectivity index (χ1v) is 4.91. The van der Waals surface area contributed by atoms with Crippen molar-refractivity contribution in [3.05, 3.63) is 0 Å². The molecule has 0 aromatic rings. The summed E-state index contributed by atoms with van der Waals surface area (Å²) in [5, 5.41) is 3.31. The second kappa shape index (κ2) is 4.10. The first-order valence-electron chi connectivity index (χ1n) is 4.91. The number of hydrogen-bond donors (Lipinski definition) is 1. The first-order chi connectivity index (χ1) is 5.27. The van der Waals surface area contributed by atoms with E-state index in [2.05, 4.69) is 19.3 Å². The molecule has 0 aromatic carbocycles. The van der Waals surface area contributed by atoms with Crippen molar-refractivity contribution in [1.29, 1.82) is 0 Å². The molecule has 1 saturated carbocycles. The topological polar surface area (TPSA) is 12.0 Å². The summed E-state index contributed by atoms with van der Waals surface area (Å²) in [5.74, 6) is 0. The molecule has 1 aliphatic rings. The highest BCUT2D eigenvalue weighted by molar-refractivity contribution is 4.78. The van der Waals surface area contributed by atoms with E-state index in [-0.39, 0.29) is 0 Å². The van der Waals surface area contributed by atoms with E-state index in [4.69, 9.17) is 0 Å². The highest BCUT2D eigenvalue weighted by Gasteiger charge is 2.23. The van der Waals surface area contributed by atoms with E-state index >= 15 is 0 Å². The summed E-state index contributed by atoms with van der Waals surface area (Å²) in [4.78, 5) is 0. The van der Waals surface area contributed by atoms with Gasteiger partial charge in [0.1, 0.15) is 0 Å². The smallest absolute Gasteiger partial charge is 0.000216 e. The van der Waals surface area contributed by atoms with Gasteiger partial charge in [0.25, 0.3) is 0 Å². The van der Waals surface area contributed by atoms with E-state index in [1.54, 1.807) is 0 Å². The second-order valence-electron chi connectivity index (χ2n) is 4.26. The number of hydrogen-bond acceptors (Lipinski definition) is 1. The van der Waals surface area contributed by atoms with Crippen molar-refractivity contribution >= 4 is 0 Å². The molecule has 0 spiro atoms. The van der Waals surface area contributed by atoms with Gasteiger partial charge in [-0.05, 0) is 25.3 Å². The van der Waals surface area contributed by atoms with Crippen LogP contribution in [0.15, 0.2) is 0 Å². The van der Waals surface area contributed by atoms with Gasteiger partial charge in [-0.2, -0.15) is 0 Å². The minimum atomic E-state index is 0.602. The van der Waals surface area contributed by atoms with E-state index in [1.165, 1.54) is 45.1 Å². The molecule has 0 heterocycles. The van der Waals surface area contributed by atoms with Gasteiger partial charge in [0, 0.05) is 6.54 Å². The molecule has 11 heavy (non-hydrogen) atoms. The predicted molar refractivity (Wildman–Crippen MR) is 49.7 cm³/mol. The Morgan fingerprint density at radius 1 is 1.09 bits per heavy atom. The molecule has 1 N–H and O–H groups in total. The Kier molecular flexibility index (Phi) is 3.38. The van der Waals surface area contributed by atoms with Crippen molar-refractivity contribution in [2.45, 2.75) is 45.4 Å². The molecule has 0 amide bonds. The molecule has 1 fully saturated rings. The van der Waals surface area contributed by atoms with Crippen molar-refractivity contribution < 1.29 is 0 Å². The molecule has 1 aliphatic carbocycles. The Morgan fingerprint density at radius 3 is 2.09 bits per heavy atom. The third kappa shape index (κ3) is 2.82. The van der Waals surface area contributed by atoms with Gasteiger partial charge in [0.05, 0.1) is 0 Å². The second-order valence-corrected chi connectivity index (χ2v) is 4.26. The molecule has 1 nitrogen and oxygen atoms in total. The van der Waals surface area contributed by atoms with Gasteiger partial charge in [-0.15, -0.1) is 0 Å². The van der Waals surface area contributed by atoms with Crippen molar-refractivity contribution in [2.24, 2.45) is 5.41 Å². The van der Waals surface area contributed by atoms with E-state index < -0.39 is 0 Å². The summed E-state index contributed by atoms with van der Waals surface area (Å²) in [7, 11) is 2.07. The van der Waals surface area contributed by atoms with Gasteiger partial charge in [-0.3, -0.25) is 0 Å². The molecule has 0 aromatic heterocycles. The fourth-order valence-corrected chi connectivity index (χ4v) is 2.19.